The van der Waals surface area contributed by atoms with Crippen molar-refractivity contribution in [3.05, 3.63) is 29.8 Å². The van der Waals surface area contributed by atoms with E-state index < -0.39 is 0 Å². The van der Waals surface area contributed by atoms with E-state index in [1.54, 1.807) is 18.2 Å². The van der Waals surface area contributed by atoms with Gasteiger partial charge in [0.15, 0.2) is 0 Å². The molecule has 0 saturated heterocycles. The molecule has 0 heterocycles. The number of aryl methyl sites for hydroxylation is 1. The molecule has 0 spiro atoms. The predicted molar refractivity (Wildman–Crippen MR) is 62.3 cm³/mol. The normalized spacial score (nSPS) is 12.3. The zero-order valence-electron chi connectivity index (χ0n) is 9.61. The average Bonchev–Trinajstić information content (AvgIpc) is 3.13. The lowest BCUT2D eigenvalue weighted by atomic mass is 10.1. The lowest BCUT2D eigenvalue weighted by Crippen LogP contribution is -2.01. The van der Waals surface area contributed by atoms with Gasteiger partial charge < -0.3 is 9.84 Å². The number of esters is 1. The van der Waals surface area contributed by atoms with Crippen LogP contribution in [0.5, 0.6) is 5.75 Å². The van der Waals surface area contributed by atoms with Gasteiger partial charge in [0.1, 0.15) is 5.75 Å². The average molecular weight is 222 g/mol. The fourth-order valence-electron chi connectivity index (χ4n) is 1.06. The van der Waals surface area contributed by atoms with Crippen LogP contribution < -0.4 is 0 Å². The summed E-state index contributed by atoms with van der Waals surface area (Å²) in [6.45, 7) is 0. The smallest absolute Gasteiger partial charge is 0.305 e. The van der Waals surface area contributed by atoms with Gasteiger partial charge >= 0.3 is 5.97 Å². The van der Waals surface area contributed by atoms with Crippen LogP contribution in [0, 0.1) is 0 Å². The number of hydrogen-bond donors (Lipinski definition) is 1. The van der Waals surface area contributed by atoms with Gasteiger partial charge in [-0.05, 0) is 24.1 Å². The number of carbonyl (C=O) groups excluding carboxylic acids is 1. The Balaban J connectivity index is 0.000000365. The monoisotopic (exact) mass is 222 g/mol. The highest BCUT2D eigenvalue weighted by Gasteiger charge is 2.01. The number of aromatic hydroxyl groups is 1. The van der Waals surface area contributed by atoms with E-state index in [1.807, 2.05) is 6.07 Å². The first kappa shape index (κ1) is 12.6. The second kappa shape index (κ2) is 6.88. The van der Waals surface area contributed by atoms with E-state index in [9.17, 15) is 4.79 Å². The van der Waals surface area contributed by atoms with Gasteiger partial charge in [-0.1, -0.05) is 31.4 Å². The summed E-state index contributed by atoms with van der Waals surface area (Å²) >= 11 is 0. The number of benzene rings is 1. The summed E-state index contributed by atoms with van der Waals surface area (Å²) in [5.41, 5.74) is 0.936. The Bertz CT molecular complexity index is 329. The molecule has 0 atom stereocenters. The van der Waals surface area contributed by atoms with Crippen molar-refractivity contribution in [3.8, 4) is 5.75 Å². The van der Waals surface area contributed by atoms with E-state index in [1.165, 1.54) is 26.4 Å². The van der Waals surface area contributed by atoms with Crippen molar-refractivity contribution < 1.29 is 14.6 Å². The molecule has 0 aliphatic heterocycles. The summed E-state index contributed by atoms with van der Waals surface area (Å²) in [7, 11) is 1.37. The molecule has 3 heteroatoms. The van der Waals surface area contributed by atoms with Crippen LogP contribution in [0.3, 0.4) is 0 Å². The van der Waals surface area contributed by atoms with Crippen LogP contribution in [-0.4, -0.2) is 18.2 Å². The number of hydrogen-bond acceptors (Lipinski definition) is 3. The molecule has 1 aromatic rings. The molecule has 1 aliphatic carbocycles. The maximum Gasteiger partial charge on any atom is 0.305 e. The van der Waals surface area contributed by atoms with Gasteiger partial charge in [0.25, 0.3) is 0 Å². The second-order valence-electron chi connectivity index (χ2n) is 3.81. The first-order chi connectivity index (χ1) is 7.72. The highest BCUT2D eigenvalue weighted by molar-refractivity contribution is 5.69. The third-order valence-corrected chi connectivity index (χ3v) is 2.11. The molecule has 3 nitrogen and oxygen atoms in total. The third kappa shape index (κ3) is 6.06. The Morgan fingerprint density at radius 3 is 2.56 bits per heavy atom. The standard InChI is InChI=1S/C10H12O3.C3H6/c1-13-10(12)6-5-8-3-2-4-9(11)7-8;1-2-3-1/h2-4,7,11H,5-6H2,1H3;1-3H2. The Kier molecular flexibility index (Phi) is 5.40. The minimum atomic E-state index is -0.233. The van der Waals surface area contributed by atoms with E-state index in [-0.39, 0.29) is 11.7 Å². The maximum atomic E-state index is 10.8. The molecule has 16 heavy (non-hydrogen) atoms. The van der Waals surface area contributed by atoms with Gasteiger partial charge in [-0.3, -0.25) is 4.79 Å². The molecular formula is C13H18O3. The zero-order valence-corrected chi connectivity index (χ0v) is 9.61. The van der Waals surface area contributed by atoms with Crippen LogP contribution in [0.25, 0.3) is 0 Å². The Morgan fingerprint density at radius 1 is 1.38 bits per heavy atom. The lowest BCUT2D eigenvalue weighted by molar-refractivity contribution is -0.140. The van der Waals surface area contributed by atoms with E-state index in [2.05, 4.69) is 4.74 Å². The van der Waals surface area contributed by atoms with Crippen LogP contribution in [0.15, 0.2) is 24.3 Å². The molecule has 1 saturated carbocycles. The largest absolute Gasteiger partial charge is 0.508 e. The summed E-state index contributed by atoms with van der Waals surface area (Å²) < 4.78 is 4.50. The zero-order chi connectivity index (χ0) is 11.8. The van der Waals surface area contributed by atoms with Gasteiger partial charge in [-0.25, -0.2) is 0 Å². The lowest BCUT2D eigenvalue weighted by Gasteiger charge is -2.00. The Morgan fingerprint density at radius 2 is 2.06 bits per heavy atom. The minimum absolute atomic E-state index is 0.224. The molecule has 2 rings (SSSR count). The Hall–Kier alpha value is -1.51. The van der Waals surface area contributed by atoms with Crippen LogP contribution in [-0.2, 0) is 16.0 Å². The first-order valence-electron chi connectivity index (χ1n) is 5.57. The maximum absolute atomic E-state index is 10.8. The quantitative estimate of drug-likeness (QED) is 0.800. The molecule has 1 fully saturated rings. The van der Waals surface area contributed by atoms with Crippen LogP contribution >= 0.6 is 0 Å². The Labute approximate surface area is 96.1 Å². The van der Waals surface area contributed by atoms with Crippen molar-refractivity contribution >= 4 is 5.97 Å². The highest BCUT2D eigenvalue weighted by atomic mass is 16.5. The highest BCUT2D eigenvalue weighted by Crippen LogP contribution is 2.15. The molecular weight excluding hydrogens is 204 g/mol. The summed E-state index contributed by atoms with van der Waals surface area (Å²) in [5, 5.41) is 9.12. The minimum Gasteiger partial charge on any atom is -0.508 e. The summed E-state index contributed by atoms with van der Waals surface area (Å²) in [6.07, 6.45) is 5.45. The first-order valence-corrected chi connectivity index (χ1v) is 5.57. The van der Waals surface area contributed by atoms with E-state index >= 15 is 0 Å². The van der Waals surface area contributed by atoms with Crippen molar-refractivity contribution in [3.63, 3.8) is 0 Å². The molecule has 0 bridgehead atoms. The molecule has 0 radical (unpaired) electrons. The molecule has 1 aromatic carbocycles. The second-order valence-corrected chi connectivity index (χ2v) is 3.81. The fraction of sp³-hybridized carbons (Fsp3) is 0.462. The fourth-order valence-corrected chi connectivity index (χ4v) is 1.06. The van der Waals surface area contributed by atoms with Gasteiger partial charge in [-0.2, -0.15) is 0 Å². The molecule has 1 aliphatic rings. The van der Waals surface area contributed by atoms with Gasteiger partial charge in [0.05, 0.1) is 7.11 Å². The van der Waals surface area contributed by atoms with Crippen molar-refractivity contribution in [1.82, 2.24) is 0 Å². The summed E-state index contributed by atoms with van der Waals surface area (Å²) in [5.74, 6) is -0.00860. The van der Waals surface area contributed by atoms with E-state index in [0.717, 1.165) is 5.56 Å². The number of rotatable bonds is 3. The van der Waals surface area contributed by atoms with Crippen LogP contribution in [0.4, 0.5) is 0 Å². The third-order valence-electron chi connectivity index (χ3n) is 2.11. The predicted octanol–water partition coefficient (Wildman–Crippen LogP) is 2.67. The van der Waals surface area contributed by atoms with E-state index in [4.69, 9.17) is 5.11 Å². The SMILES string of the molecule is C1CC1.COC(=O)CCc1cccc(O)c1. The number of ether oxygens (including phenoxy) is 1. The van der Waals surface area contributed by atoms with Gasteiger partial charge in [-0.15, -0.1) is 0 Å². The van der Waals surface area contributed by atoms with Crippen LogP contribution in [0.1, 0.15) is 31.2 Å². The number of carbonyl (C=O) groups is 1. The van der Waals surface area contributed by atoms with Crippen molar-refractivity contribution in [2.75, 3.05) is 7.11 Å². The topological polar surface area (TPSA) is 46.5 Å². The molecule has 88 valence electrons. The van der Waals surface area contributed by atoms with Gasteiger partial charge in [0.2, 0.25) is 0 Å². The molecule has 0 aromatic heterocycles. The van der Waals surface area contributed by atoms with Crippen molar-refractivity contribution in [1.29, 1.82) is 0 Å². The number of methoxy groups -OCH3 is 1. The number of phenolic OH excluding ortho intramolecular Hbond substituents is 1. The molecule has 0 amide bonds. The van der Waals surface area contributed by atoms with Crippen molar-refractivity contribution in [2.24, 2.45) is 0 Å². The van der Waals surface area contributed by atoms with E-state index in [0.29, 0.717) is 12.8 Å². The van der Waals surface area contributed by atoms with Crippen LogP contribution in [0.2, 0.25) is 0 Å². The molecule has 0 unspecified atom stereocenters. The van der Waals surface area contributed by atoms with Crippen molar-refractivity contribution in [2.45, 2.75) is 32.1 Å². The van der Waals surface area contributed by atoms with Gasteiger partial charge in [0, 0.05) is 6.42 Å². The molecule has 1 N–H and O–H groups in total. The summed E-state index contributed by atoms with van der Waals surface area (Å²) in [6, 6.07) is 6.86. The number of phenols is 1. The summed E-state index contributed by atoms with van der Waals surface area (Å²) in [4.78, 5) is 10.8.